The van der Waals surface area contributed by atoms with E-state index in [-0.39, 0.29) is 5.91 Å². The van der Waals surface area contributed by atoms with Crippen molar-refractivity contribution in [2.45, 2.75) is 26.4 Å². The summed E-state index contributed by atoms with van der Waals surface area (Å²) in [6, 6.07) is 12.7. The summed E-state index contributed by atoms with van der Waals surface area (Å²) in [7, 11) is 1.57. The molecule has 0 heterocycles. The normalized spacial score (nSPS) is 11.7. The Hall–Kier alpha value is -2.20. The van der Waals surface area contributed by atoms with E-state index in [2.05, 4.69) is 5.32 Å². The van der Waals surface area contributed by atoms with Gasteiger partial charge < -0.3 is 14.8 Å². The number of hydrogen-bond donors (Lipinski definition) is 1. The number of para-hydroxylation sites is 2. The lowest BCUT2D eigenvalue weighted by Gasteiger charge is -2.19. The first-order valence-corrected chi connectivity index (χ1v) is 7.79. The number of hydrogen-bond acceptors (Lipinski definition) is 3. The first kappa shape index (κ1) is 17.2. The van der Waals surface area contributed by atoms with E-state index in [0.717, 1.165) is 5.56 Å². The van der Waals surface area contributed by atoms with Crippen LogP contribution < -0.4 is 14.8 Å². The number of ether oxygens (including phenoxy) is 2. The molecule has 4 nitrogen and oxygen atoms in total. The molecule has 2 rings (SSSR count). The van der Waals surface area contributed by atoms with Gasteiger partial charge in [-0.25, -0.2) is 0 Å². The molecule has 1 amide bonds. The second kappa shape index (κ2) is 7.88. The third-order valence-corrected chi connectivity index (χ3v) is 3.85. The van der Waals surface area contributed by atoms with Crippen LogP contribution >= 0.6 is 11.6 Å². The van der Waals surface area contributed by atoms with Crippen LogP contribution in [0, 0.1) is 6.92 Å². The van der Waals surface area contributed by atoms with Gasteiger partial charge in [0.1, 0.15) is 0 Å². The van der Waals surface area contributed by atoms with E-state index in [4.69, 9.17) is 21.1 Å². The number of aryl methyl sites for hydroxylation is 1. The Kier molecular flexibility index (Phi) is 5.88. The van der Waals surface area contributed by atoms with E-state index in [1.165, 1.54) is 0 Å². The first-order chi connectivity index (χ1) is 11.0. The van der Waals surface area contributed by atoms with Crippen molar-refractivity contribution in [3.05, 3.63) is 53.1 Å². The van der Waals surface area contributed by atoms with Gasteiger partial charge in [-0.3, -0.25) is 4.79 Å². The maximum atomic E-state index is 12.4. The van der Waals surface area contributed by atoms with Crippen LogP contribution in [0.2, 0.25) is 5.02 Å². The number of anilines is 1. The summed E-state index contributed by atoms with van der Waals surface area (Å²) < 4.78 is 11.0. The van der Waals surface area contributed by atoms with Gasteiger partial charge in [0.05, 0.1) is 7.11 Å². The fraction of sp³-hybridized carbons (Fsp3) is 0.278. The Morgan fingerprint density at radius 1 is 1.22 bits per heavy atom. The minimum atomic E-state index is -0.619. The van der Waals surface area contributed by atoms with Gasteiger partial charge >= 0.3 is 0 Å². The fourth-order valence-corrected chi connectivity index (χ4v) is 2.27. The van der Waals surface area contributed by atoms with Crippen LogP contribution in [-0.2, 0) is 4.79 Å². The number of carbonyl (C=O) groups is 1. The maximum Gasteiger partial charge on any atom is 0.265 e. The highest BCUT2D eigenvalue weighted by atomic mass is 35.5. The zero-order valence-corrected chi connectivity index (χ0v) is 14.2. The molecule has 0 unspecified atom stereocenters. The Bertz CT molecular complexity index is 688. The van der Waals surface area contributed by atoms with Gasteiger partial charge in [-0.2, -0.15) is 0 Å². The lowest BCUT2D eigenvalue weighted by atomic mass is 10.2. The van der Waals surface area contributed by atoms with Crippen molar-refractivity contribution in [3.63, 3.8) is 0 Å². The summed E-state index contributed by atoms with van der Waals surface area (Å²) in [5.74, 6) is 0.911. The smallest absolute Gasteiger partial charge is 0.265 e. The summed E-state index contributed by atoms with van der Waals surface area (Å²) >= 11 is 6.08. The Morgan fingerprint density at radius 3 is 2.52 bits per heavy atom. The molecule has 2 aromatic carbocycles. The third kappa shape index (κ3) is 4.39. The maximum absolute atomic E-state index is 12.4. The SMILES string of the molecule is CC[C@@H](Oc1ccccc1OC)C(=O)Nc1ccc(C)c(Cl)c1. The van der Waals surface area contributed by atoms with E-state index in [0.29, 0.717) is 28.6 Å². The molecular weight excluding hydrogens is 314 g/mol. The van der Waals surface area contributed by atoms with Crippen molar-refractivity contribution in [2.75, 3.05) is 12.4 Å². The molecule has 0 aliphatic rings. The molecule has 0 saturated heterocycles. The molecule has 0 aliphatic heterocycles. The predicted molar refractivity (Wildman–Crippen MR) is 92.5 cm³/mol. The molecule has 122 valence electrons. The molecule has 0 aromatic heterocycles. The molecule has 0 spiro atoms. The van der Waals surface area contributed by atoms with Crippen LogP contribution in [0.25, 0.3) is 0 Å². The van der Waals surface area contributed by atoms with Crippen molar-refractivity contribution in [1.29, 1.82) is 0 Å². The molecule has 23 heavy (non-hydrogen) atoms. The second-order valence-corrected chi connectivity index (χ2v) is 5.53. The van der Waals surface area contributed by atoms with Gasteiger partial charge in [0.2, 0.25) is 0 Å². The molecule has 1 atom stereocenters. The molecule has 2 aromatic rings. The highest BCUT2D eigenvalue weighted by Crippen LogP contribution is 2.28. The fourth-order valence-electron chi connectivity index (χ4n) is 2.09. The number of benzene rings is 2. The van der Waals surface area contributed by atoms with E-state index in [1.54, 1.807) is 25.3 Å². The van der Waals surface area contributed by atoms with Gasteiger partial charge in [0.25, 0.3) is 5.91 Å². The van der Waals surface area contributed by atoms with Crippen molar-refractivity contribution in [3.8, 4) is 11.5 Å². The van der Waals surface area contributed by atoms with Crippen molar-refractivity contribution < 1.29 is 14.3 Å². The molecular formula is C18H20ClNO3. The molecule has 0 aliphatic carbocycles. The number of carbonyl (C=O) groups excluding carboxylic acids is 1. The van der Waals surface area contributed by atoms with E-state index >= 15 is 0 Å². The number of amides is 1. The molecule has 0 bridgehead atoms. The van der Waals surface area contributed by atoms with Gasteiger partial charge in [-0.05, 0) is 43.2 Å². The quantitative estimate of drug-likeness (QED) is 0.849. The minimum Gasteiger partial charge on any atom is -0.493 e. The lowest BCUT2D eigenvalue weighted by Crippen LogP contribution is -2.32. The largest absolute Gasteiger partial charge is 0.493 e. The average Bonchev–Trinajstić information content (AvgIpc) is 2.56. The van der Waals surface area contributed by atoms with Crippen LogP contribution in [0.3, 0.4) is 0 Å². The van der Waals surface area contributed by atoms with Crippen molar-refractivity contribution in [2.24, 2.45) is 0 Å². The first-order valence-electron chi connectivity index (χ1n) is 7.41. The molecule has 0 fully saturated rings. The zero-order valence-electron chi connectivity index (χ0n) is 13.4. The molecule has 0 saturated carbocycles. The monoisotopic (exact) mass is 333 g/mol. The lowest BCUT2D eigenvalue weighted by molar-refractivity contribution is -0.122. The van der Waals surface area contributed by atoms with Crippen LogP contribution in [0.4, 0.5) is 5.69 Å². The molecule has 5 heteroatoms. The number of rotatable bonds is 6. The number of nitrogens with one attached hydrogen (secondary N) is 1. The van der Waals surface area contributed by atoms with Gasteiger partial charge in [0, 0.05) is 10.7 Å². The highest BCUT2D eigenvalue weighted by Gasteiger charge is 2.20. The van der Waals surface area contributed by atoms with Crippen LogP contribution in [0.15, 0.2) is 42.5 Å². The average molecular weight is 334 g/mol. The zero-order chi connectivity index (χ0) is 16.8. The predicted octanol–water partition coefficient (Wildman–Crippen LogP) is 4.45. The van der Waals surface area contributed by atoms with Gasteiger partial charge in [-0.1, -0.05) is 36.7 Å². The Balaban J connectivity index is 2.10. The summed E-state index contributed by atoms with van der Waals surface area (Å²) in [6.07, 6.45) is -0.0879. The molecule has 1 N–H and O–H groups in total. The summed E-state index contributed by atoms with van der Waals surface area (Å²) in [5, 5.41) is 3.44. The van der Waals surface area contributed by atoms with E-state index in [9.17, 15) is 4.79 Å². The molecule has 0 radical (unpaired) electrons. The van der Waals surface area contributed by atoms with Crippen LogP contribution in [0.1, 0.15) is 18.9 Å². The van der Waals surface area contributed by atoms with E-state index < -0.39 is 6.10 Å². The van der Waals surface area contributed by atoms with Crippen molar-refractivity contribution >= 4 is 23.2 Å². The van der Waals surface area contributed by atoms with Gasteiger partial charge in [0.15, 0.2) is 17.6 Å². The van der Waals surface area contributed by atoms with Crippen molar-refractivity contribution in [1.82, 2.24) is 0 Å². The third-order valence-electron chi connectivity index (χ3n) is 3.44. The minimum absolute atomic E-state index is 0.224. The topological polar surface area (TPSA) is 47.6 Å². The summed E-state index contributed by atoms with van der Waals surface area (Å²) in [5.41, 5.74) is 1.61. The number of methoxy groups -OCH3 is 1. The number of halogens is 1. The summed E-state index contributed by atoms with van der Waals surface area (Å²) in [4.78, 5) is 12.4. The van der Waals surface area contributed by atoms with E-state index in [1.807, 2.05) is 38.1 Å². The Labute approximate surface area is 141 Å². The van der Waals surface area contributed by atoms with Crippen LogP contribution in [0.5, 0.6) is 11.5 Å². The standard InChI is InChI=1S/C18H20ClNO3/c1-4-15(23-17-8-6-5-7-16(17)22-3)18(21)20-13-10-9-12(2)14(19)11-13/h5-11,15H,4H2,1-3H3,(H,20,21)/t15-/m1/s1. The van der Waals surface area contributed by atoms with Gasteiger partial charge in [-0.15, -0.1) is 0 Å². The Morgan fingerprint density at radius 2 is 1.91 bits per heavy atom. The van der Waals surface area contributed by atoms with Crippen LogP contribution in [-0.4, -0.2) is 19.1 Å². The summed E-state index contributed by atoms with van der Waals surface area (Å²) in [6.45, 7) is 3.80. The second-order valence-electron chi connectivity index (χ2n) is 5.12. The highest BCUT2D eigenvalue weighted by molar-refractivity contribution is 6.31.